The molecule has 1 aromatic carbocycles. The Morgan fingerprint density at radius 1 is 1.22 bits per heavy atom. The zero-order chi connectivity index (χ0) is 13.9. The fraction of sp³-hybridized carbons (Fsp3) is 0.500. The van der Waals surface area contributed by atoms with Gasteiger partial charge in [0.05, 0.1) is 11.4 Å². The SMILES string of the molecule is CCCN(C)c1cccc(S(=O)(=O)N(C)C)c1N. The van der Waals surface area contributed by atoms with Gasteiger partial charge in [-0.2, -0.15) is 0 Å². The second-order valence-corrected chi connectivity index (χ2v) is 6.52. The molecule has 0 aliphatic heterocycles. The van der Waals surface area contributed by atoms with E-state index >= 15 is 0 Å². The standard InChI is InChI=1S/C12H21N3O2S/c1-5-9-15(4)10-7-6-8-11(12(10)13)18(16,17)14(2)3/h6-8H,5,9,13H2,1-4H3. The first-order valence-corrected chi connectivity index (χ1v) is 7.28. The maximum atomic E-state index is 12.1. The van der Waals surface area contributed by atoms with Crippen LogP contribution < -0.4 is 10.6 Å². The van der Waals surface area contributed by atoms with Crippen LogP contribution >= 0.6 is 0 Å². The van der Waals surface area contributed by atoms with E-state index in [0.717, 1.165) is 18.7 Å². The summed E-state index contributed by atoms with van der Waals surface area (Å²) in [4.78, 5) is 2.12. The number of nitrogen functional groups attached to an aromatic ring is 1. The van der Waals surface area contributed by atoms with Crippen LogP contribution in [-0.2, 0) is 10.0 Å². The Balaban J connectivity index is 3.30. The monoisotopic (exact) mass is 271 g/mol. The molecular formula is C12H21N3O2S. The number of nitrogens with zero attached hydrogens (tertiary/aromatic N) is 2. The van der Waals surface area contributed by atoms with Crippen molar-refractivity contribution in [1.29, 1.82) is 0 Å². The molecule has 0 unspecified atom stereocenters. The van der Waals surface area contributed by atoms with Crippen molar-refractivity contribution in [2.24, 2.45) is 0 Å². The number of nitrogens with two attached hydrogens (primary N) is 1. The quantitative estimate of drug-likeness (QED) is 0.821. The highest BCUT2D eigenvalue weighted by Gasteiger charge is 2.22. The third kappa shape index (κ3) is 2.76. The number of para-hydroxylation sites is 1. The van der Waals surface area contributed by atoms with Crippen molar-refractivity contribution in [3.63, 3.8) is 0 Å². The van der Waals surface area contributed by atoms with Crippen molar-refractivity contribution in [2.75, 3.05) is 38.3 Å². The second kappa shape index (κ2) is 5.58. The van der Waals surface area contributed by atoms with Gasteiger partial charge in [-0.1, -0.05) is 13.0 Å². The van der Waals surface area contributed by atoms with Crippen LogP contribution in [0.25, 0.3) is 0 Å². The second-order valence-electron chi connectivity index (χ2n) is 4.40. The molecule has 0 radical (unpaired) electrons. The Morgan fingerprint density at radius 3 is 2.33 bits per heavy atom. The van der Waals surface area contributed by atoms with Gasteiger partial charge in [-0.3, -0.25) is 0 Å². The highest BCUT2D eigenvalue weighted by Crippen LogP contribution is 2.30. The highest BCUT2D eigenvalue weighted by atomic mass is 32.2. The molecule has 0 aromatic heterocycles. The molecule has 18 heavy (non-hydrogen) atoms. The predicted octanol–water partition coefficient (Wildman–Crippen LogP) is 1.37. The number of sulfonamides is 1. The van der Waals surface area contributed by atoms with E-state index in [2.05, 4.69) is 6.92 Å². The minimum Gasteiger partial charge on any atom is -0.396 e. The first kappa shape index (κ1) is 14.8. The molecule has 0 bridgehead atoms. The van der Waals surface area contributed by atoms with Gasteiger partial charge in [0.2, 0.25) is 10.0 Å². The Kier molecular flexibility index (Phi) is 4.59. The summed E-state index contributed by atoms with van der Waals surface area (Å²) < 4.78 is 25.4. The van der Waals surface area contributed by atoms with Crippen LogP contribution in [0.1, 0.15) is 13.3 Å². The average Bonchev–Trinajstić information content (AvgIpc) is 2.29. The summed E-state index contributed by atoms with van der Waals surface area (Å²) in [6.45, 7) is 2.89. The van der Waals surface area contributed by atoms with Gasteiger partial charge in [-0.05, 0) is 18.6 Å². The van der Waals surface area contributed by atoms with Crippen LogP contribution in [0.3, 0.4) is 0 Å². The zero-order valence-electron chi connectivity index (χ0n) is 11.3. The van der Waals surface area contributed by atoms with Crippen LogP contribution in [-0.4, -0.2) is 40.4 Å². The van der Waals surface area contributed by atoms with E-state index in [1.165, 1.54) is 24.5 Å². The van der Waals surface area contributed by atoms with Crippen molar-refractivity contribution in [3.8, 4) is 0 Å². The summed E-state index contributed by atoms with van der Waals surface area (Å²) in [6, 6.07) is 5.09. The van der Waals surface area contributed by atoms with E-state index in [4.69, 9.17) is 5.73 Å². The number of hydrogen-bond acceptors (Lipinski definition) is 4. The first-order valence-electron chi connectivity index (χ1n) is 5.84. The highest BCUT2D eigenvalue weighted by molar-refractivity contribution is 7.89. The predicted molar refractivity (Wildman–Crippen MR) is 75.3 cm³/mol. The number of anilines is 2. The molecule has 6 heteroatoms. The molecule has 0 saturated carbocycles. The molecule has 1 rings (SSSR count). The van der Waals surface area contributed by atoms with Gasteiger partial charge in [0.1, 0.15) is 4.90 Å². The first-order chi connectivity index (χ1) is 8.32. The fourth-order valence-electron chi connectivity index (χ4n) is 1.74. The van der Waals surface area contributed by atoms with Gasteiger partial charge in [0, 0.05) is 27.7 Å². The minimum absolute atomic E-state index is 0.160. The summed E-state index contributed by atoms with van der Waals surface area (Å²) in [7, 11) is 1.40. The van der Waals surface area contributed by atoms with Crippen molar-refractivity contribution in [2.45, 2.75) is 18.2 Å². The lowest BCUT2D eigenvalue weighted by molar-refractivity contribution is 0.521. The van der Waals surface area contributed by atoms with Crippen LogP contribution in [0.4, 0.5) is 11.4 Å². The molecule has 0 aliphatic carbocycles. The molecule has 2 N–H and O–H groups in total. The van der Waals surface area contributed by atoms with Gasteiger partial charge < -0.3 is 10.6 Å². The molecule has 0 heterocycles. The molecule has 0 aliphatic rings. The van der Waals surface area contributed by atoms with E-state index in [9.17, 15) is 8.42 Å². The van der Waals surface area contributed by atoms with Crippen LogP contribution in [0.2, 0.25) is 0 Å². The smallest absolute Gasteiger partial charge is 0.244 e. The molecule has 0 amide bonds. The molecule has 1 aromatic rings. The summed E-state index contributed by atoms with van der Waals surface area (Å²) in [6.07, 6.45) is 0.973. The fourth-order valence-corrected chi connectivity index (χ4v) is 2.77. The van der Waals surface area contributed by atoms with Crippen LogP contribution in [0.15, 0.2) is 23.1 Å². The number of rotatable bonds is 5. The molecule has 0 spiro atoms. The Bertz CT molecular complexity index is 512. The minimum atomic E-state index is -3.50. The van der Waals surface area contributed by atoms with E-state index < -0.39 is 10.0 Å². The molecule has 0 fully saturated rings. The summed E-state index contributed by atoms with van der Waals surface area (Å²) in [5.41, 5.74) is 7.05. The van der Waals surface area contributed by atoms with Crippen molar-refractivity contribution in [3.05, 3.63) is 18.2 Å². The van der Waals surface area contributed by atoms with Gasteiger partial charge in [-0.15, -0.1) is 0 Å². The van der Waals surface area contributed by atoms with Gasteiger partial charge in [-0.25, -0.2) is 12.7 Å². The summed E-state index contributed by atoms with van der Waals surface area (Å²) in [5.74, 6) is 0. The van der Waals surface area contributed by atoms with Crippen molar-refractivity contribution < 1.29 is 8.42 Å². The molecule has 102 valence electrons. The molecular weight excluding hydrogens is 250 g/mol. The summed E-state index contributed by atoms with van der Waals surface area (Å²) >= 11 is 0. The van der Waals surface area contributed by atoms with E-state index in [-0.39, 0.29) is 4.90 Å². The lowest BCUT2D eigenvalue weighted by Crippen LogP contribution is -2.25. The summed E-state index contributed by atoms with van der Waals surface area (Å²) in [5, 5.41) is 0. The maximum absolute atomic E-state index is 12.1. The Labute approximate surface area is 109 Å². The van der Waals surface area contributed by atoms with E-state index in [1.807, 2.05) is 18.0 Å². The maximum Gasteiger partial charge on any atom is 0.244 e. The van der Waals surface area contributed by atoms with Gasteiger partial charge >= 0.3 is 0 Å². The van der Waals surface area contributed by atoms with Crippen LogP contribution in [0.5, 0.6) is 0 Å². The van der Waals surface area contributed by atoms with Crippen LogP contribution in [0, 0.1) is 0 Å². The number of hydrogen-bond donors (Lipinski definition) is 1. The molecule has 5 nitrogen and oxygen atoms in total. The van der Waals surface area contributed by atoms with Crippen molar-refractivity contribution >= 4 is 21.4 Å². The van der Waals surface area contributed by atoms with Gasteiger partial charge in [0.15, 0.2) is 0 Å². The third-order valence-electron chi connectivity index (χ3n) is 2.77. The Hall–Kier alpha value is -1.27. The zero-order valence-corrected chi connectivity index (χ0v) is 12.2. The van der Waals surface area contributed by atoms with Crippen molar-refractivity contribution in [1.82, 2.24) is 4.31 Å². The molecule has 0 atom stereocenters. The number of benzene rings is 1. The van der Waals surface area contributed by atoms with E-state index in [1.54, 1.807) is 6.07 Å². The topological polar surface area (TPSA) is 66.6 Å². The lowest BCUT2D eigenvalue weighted by Gasteiger charge is -2.22. The van der Waals surface area contributed by atoms with E-state index in [0.29, 0.717) is 5.69 Å². The average molecular weight is 271 g/mol. The lowest BCUT2D eigenvalue weighted by atomic mass is 10.2. The Morgan fingerprint density at radius 2 is 1.83 bits per heavy atom. The van der Waals surface area contributed by atoms with Gasteiger partial charge in [0.25, 0.3) is 0 Å². The largest absolute Gasteiger partial charge is 0.396 e. The third-order valence-corrected chi connectivity index (χ3v) is 4.65. The normalized spacial score (nSPS) is 11.8. The molecule has 0 saturated heterocycles.